The first-order chi connectivity index (χ1) is 10.9. The Balaban J connectivity index is 2.21. The van der Waals surface area contributed by atoms with Crippen LogP contribution in [0, 0.1) is 0 Å². The zero-order chi connectivity index (χ0) is 17.2. The second-order valence-corrected chi connectivity index (χ2v) is 5.63. The van der Waals surface area contributed by atoms with Crippen molar-refractivity contribution < 1.29 is 19.1 Å². The molecular weight excluding hydrogens is 343 g/mol. The van der Waals surface area contributed by atoms with E-state index in [-0.39, 0.29) is 23.8 Å². The molecule has 8 heteroatoms. The van der Waals surface area contributed by atoms with Gasteiger partial charge in [-0.3, -0.25) is 9.59 Å². The summed E-state index contributed by atoms with van der Waals surface area (Å²) in [4.78, 5) is 33.8. The van der Waals surface area contributed by atoms with E-state index in [0.717, 1.165) is 12.8 Å². The van der Waals surface area contributed by atoms with Gasteiger partial charge in [0.15, 0.2) is 12.4 Å². The molecule has 0 heterocycles. The van der Waals surface area contributed by atoms with E-state index in [2.05, 4.69) is 5.32 Å². The van der Waals surface area contributed by atoms with Crippen LogP contribution < -0.4 is 11.1 Å². The standard InChI is InChI=1S/C15H18Cl2N2O4/c16-11-6-5-10(8-12(11)17)13(20)9-23-14(21)4-2-1-3-7-19-15(18)22/h5-6,8H,1-4,7,9H2,(H3,18,19,22). The van der Waals surface area contributed by atoms with Crippen LogP contribution in [0.2, 0.25) is 10.0 Å². The van der Waals surface area contributed by atoms with Gasteiger partial charge in [0.2, 0.25) is 0 Å². The van der Waals surface area contributed by atoms with Crippen LogP contribution in [0.25, 0.3) is 0 Å². The summed E-state index contributed by atoms with van der Waals surface area (Å²) in [6.45, 7) is 0.139. The molecule has 3 N–H and O–H groups in total. The molecular formula is C15H18Cl2N2O4. The van der Waals surface area contributed by atoms with Gasteiger partial charge in [-0.05, 0) is 31.0 Å². The van der Waals surface area contributed by atoms with Crippen molar-refractivity contribution >= 4 is 41.0 Å². The van der Waals surface area contributed by atoms with Gasteiger partial charge in [0, 0.05) is 18.5 Å². The van der Waals surface area contributed by atoms with Gasteiger partial charge in [-0.15, -0.1) is 0 Å². The third-order valence-corrected chi connectivity index (χ3v) is 3.70. The van der Waals surface area contributed by atoms with Gasteiger partial charge in [-0.25, -0.2) is 4.79 Å². The van der Waals surface area contributed by atoms with E-state index in [1.807, 2.05) is 0 Å². The minimum absolute atomic E-state index is 0.214. The molecule has 0 fully saturated rings. The Bertz CT molecular complexity index is 579. The van der Waals surface area contributed by atoms with Crippen LogP contribution in [0.15, 0.2) is 18.2 Å². The third kappa shape index (κ3) is 7.85. The molecule has 0 aliphatic carbocycles. The number of nitrogens with one attached hydrogen (secondary N) is 1. The average molecular weight is 361 g/mol. The molecule has 0 saturated heterocycles. The van der Waals surface area contributed by atoms with Crippen LogP contribution in [0.4, 0.5) is 4.79 Å². The van der Waals surface area contributed by atoms with Crippen LogP contribution in [-0.2, 0) is 9.53 Å². The zero-order valence-electron chi connectivity index (χ0n) is 12.4. The number of urea groups is 1. The van der Waals surface area contributed by atoms with Gasteiger partial charge in [0.1, 0.15) is 0 Å². The molecule has 0 bridgehead atoms. The summed E-state index contributed by atoms with van der Waals surface area (Å²) in [5.41, 5.74) is 5.25. The van der Waals surface area contributed by atoms with E-state index in [1.54, 1.807) is 0 Å². The van der Waals surface area contributed by atoms with Gasteiger partial charge in [0.25, 0.3) is 0 Å². The minimum atomic E-state index is -0.565. The predicted octanol–water partition coefficient (Wildman–Crippen LogP) is 2.95. The number of carbonyl (C=O) groups is 3. The lowest BCUT2D eigenvalue weighted by Crippen LogP contribution is -2.29. The van der Waals surface area contributed by atoms with E-state index < -0.39 is 12.0 Å². The third-order valence-electron chi connectivity index (χ3n) is 2.96. The highest BCUT2D eigenvalue weighted by Crippen LogP contribution is 2.22. The van der Waals surface area contributed by atoms with Crippen molar-refractivity contribution in [3.63, 3.8) is 0 Å². The molecule has 0 unspecified atom stereocenters. The molecule has 0 atom stereocenters. The van der Waals surface area contributed by atoms with Gasteiger partial charge < -0.3 is 15.8 Å². The summed E-state index contributed by atoms with van der Waals surface area (Å²) in [5.74, 6) is -0.788. The lowest BCUT2D eigenvalue weighted by molar-refractivity contribution is -0.142. The smallest absolute Gasteiger partial charge is 0.312 e. The maximum atomic E-state index is 11.9. The number of ketones is 1. The highest BCUT2D eigenvalue weighted by Gasteiger charge is 2.11. The van der Waals surface area contributed by atoms with Crippen molar-refractivity contribution in [3.05, 3.63) is 33.8 Å². The number of esters is 1. The van der Waals surface area contributed by atoms with E-state index in [9.17, 15) is 14.4 Å². The van der Waals surface area contributed by atoms with Crippen molar-refractivity contribution in [3.8, 4) is 0 Å². The van der Waals surface area contributed by atoms with Crippen molar-refractivity contribution in [1.82, 2.24) is 5.32 Å². The van der Waals surface area contributed by atoms with Crippen molar-refractivity contribution in [2.75, 3.05) is 13.2 Å². The molecule has 1 aromatic rings. The Morgan fingerprint density at radius 3 is 2.48 bits per heavy atom. The predicted molar refractivity (Wildman–Crippen MR) is 87.8 cm³/mol. The normalized spacial score (nSPS) is 10.2. The van der Waals surface area contributed by atoms with Crippen LogP contribution in [0.5, 0.6) is 0 Å². The number of Topliss-reactive ketones (excluding diaryl/α,β-unsaturated/α-hetero) is 1. The Morgan fingerprint density at radius 1 is 1.09 bits per heavy atom. The lowest BCUT2D eigenvalue weighted by Gasteiger charge is -2.05. The Labute approximate surface area is 144 Å². The summed E-state index contributed by atoms with van der Waals surface area (Å²) in [5, 5.41) is 3.08. The molecule has 126 valence electrons. The van der Waals surface area contributed by atoms with Crippen molar-refractivity contribution in [1.29, 1.82) is 0 Å². The molecule has 0 spiro atoms. The number of ether oxygens (including phenoxy) is 1. The molecule has 0 radical (unpaired) electrons. The Kier molecular flexibility index (Phi) is 8.43. The number of hydrogen-bond donors (Lipinski definition) is 2. The fourth-order valence-corrected chi connectivity index (χ4v) is 2.05. The van der Waals surface area contributed by atoms with Crippen LogP contribution in [0.1, 0.15) is 36.0 Å². The number of hydrogen-bond acceptors (Lipinski definition) is 4. The Hall–Kier alpha value is -1.79. The number of unbranched alkanes of at least 4 members (excludes halogenated alkanes) is 2. The van der Waals surface area contributed by atoms with Gasteiger partial charge in [-0.2, -0.15) is 0 Å². The zero-order valence-corrected chi connectivity index (χ0v) is 14.0. The van der Waals surface area contributed by atoms with Crippen LogP contribution in [-0.4, -0.2) is 30.9 Å². The second-order valence-electron chi connectivity index (χ2n) is 4.81. The maximum absolute atomic E-state index is 11.9. The fraction of sp³-hybridized carbons (Fsp3) is 0.400. The summed E-state index contributed by atoms with van der Waals surface area (Å²) in [6.07, 6.45) is 2.29. The van der Waals surface area contributed by atoms with Crippen molar-refractivity contribution in [2.45, 2.75) is 25.7 Å². The van der Waals surface area contributed by atoms with E-state index in [4.69, 9.17) is 33.7 Å². The number of primary amides is 1. The quantitative estimate of drug-likeness (QED) is 0.401. The van der Waals surface area contributed by atoms with Gasteiger partial charge >= 0.3 is 12.0 Å². The van der Waals surface area contributed by atoms with Crippen LogP contribution >= 0.6 is 23.2 Å². The molecule has 6 nitrogen and oxygen atoms in total. The average Bonchev–Trinajstić information content (AvgIpc) is 2.50. The number of halogens is 2. The number of nitrogens with two attached hydrogens (primary N) is 1. The number of benzene rings is 1. The van der Waals surface area contributed by atoms with Crippen molar-refractivity contribution in [2.24, 2.45) is 5.73 Å². The monoisotopic (exact) mass is 360 g/mol. The number of rotatable bonds is 9. The van der Waals surface area contributed by atoms with E-state index in [1.165, 1.54) is 18.2 Å². The molecule has 0 aliphatic heterocycles. The fourth-order valence-electron chi connectivity index (χ4n) is 1.75. The van der Waals surface area contributed by atoms with Gasteiger partial charge in [0.05, 0.1) is 10.0 Å². The molecule has 0 aliphatic rings. The summed E-state index contributed by atoms with van der Waals surface area (Å²) in [6, 6.07) is 3.91. The maximum Gasteiger partial charge on any atom is 0.312 e. The molecule has 1 aromatic carbocycles. The molecule has 23 heavy (non-hydrogen) atoms. The molecule has 1 rings (SSSR count). The molecule has 0 saturated carbocycles. The summed E-state index contributed by atoms with van der Waals surface area (Å²) in [7, 11) is 0. The van der Waals surface area contributed by atoms with Gasteiger partial charge in [-0.1, -0.05) is 29.6 Å². The second kappa shape index (κ2) is 10.1. The summed E-state index contributed by atoms with van der Waals surface area (Å²) >= 11 is 11.6. The SMILES string of the molecule is NC(=O)NCCCCCC(=O)OCC(=O)c1ccc(Cl)c(Cl)c1. The molecule has 0 aromatic heterocycles. The first kappa shape index (κ1) is 19.3. The van der Waals surface area contributed by atoms with E-state index >= 15 is 0 Å². The number of amides is 2. The lowest BCUT2D eigenvalue weighted by atomic mass is 10.1. The first-order valence-electron chi connectivity index (χ1n) is 7.07. The highest BCUT2D eigenvalue weighted by molar-refractivity contribution is 6.42. The topological polar surface area (TPSA) is 98.5 Å². The first-order valence-corrected chi connectivity index (χ1v) is 7.83. The number of carbonyl (C=O) groups excluding carboxylic acids is 3. The Morgan fingerprint density at radius 2 is 1.83 bits per heavy atom. The highest BCUT2D eigenvalue weighted by atomic mass is 35.5. The van der Waals surface area contributed by atoms with E-state index in [0.29, 0.717) is 23.6 Å². The minimum Gasteiger partial charge on any atom is -0.457 e. The summed E-state index contributed by atoms with van der Waals surface area (Å²) < 4.78 is 4.92. The molecule has 2 amide bonds. The van der Waals surface area contributed by atoms with Crippen LogP contribution in [0.3, 0.4) is 0 Å². The largest absolute Gasteiger partial charge is 0.457 e.